The van der Waals surface area contributed by atoms with Crippen molar-refractivity contribution in [3.05, 3.63) is 0 Å². The monoisotopic (exact) mass is 267 g/mol. The Morgan fingerprint density at radius 2 is 1.95 bits per heavy atom. The van der Waals surface area contributed by atoms with E-state index in [1.807, 2.05) is 4.90 Å². The second-order valence-electron chi connectivity index (χ2n) is 6.83. The van der Waals surface area contributed by atoms with E-state index in [1.54, 1.807) is 0 Å². The van der Waals surface area contributed by atoms with E-state index >= 15 is 0 Å². The summed E-state index contributed by atoms with van der Waals surface area (Å²) in [5.74, 6) is 0.146. The molecule has 1 aliphatic carbocycles. The fraction of sp³-hybridized carbons (Fsp3) is 0.933. The third-order valence-corrected chi connectivity index (χ3v) is 5.24. The first-order chi connectivity index (χ1) is 9.11. The van der Waals surface area contributed by atoms with E-state index in [-0.39, 0.29) is 11.3 Å². The van der Waals surface area contributed by atoms with Gasteiger partial charge in [-0.05, 0) is 25.7 Å². The molecule has 2 aliphatic heterocycles. The largest absolute Gasteiger partial charge is 0.389 e. The molecule has 1 N–H and O–H groups in total. The van der Waals surface area contributed by atoms with E-state index in [0.717, 1.165) is 64.8 Å². The molecule has 3 aliphatic rings. The SMILES string of the molecule is O=C(CC1(O)CCCCC1)N1CCC2(CCOC2)C1. The zero-order valence-electron chi connectivity index (χ0n) is 11.7. The van der Waals surface area contributed by atoms with E-state index in [1.165, 1.54) is 6.42 Å². The predicted molar refractivity (Wildman–Crippen MR) is 71.7 cm³/mol. The number of nitrogens with zero attached hydrogens (tertiary/aromatic N) is 1. The van der Waals surface area contributed by atoms with Crippen LogP contribution in [0.2, 0.25) is 0 Å². The third-order valence-electron chi connectivity index (χ3n) is 5.24. The molecule has 108 valence electrons. The zero-order valence-corrected chi connectivity index (χ0v) is 11.7. The molecule has 4 nitrogen and oxygen atoms in total. The summed E-state index contributed by atoms with van der Waals surface area (Å²) in [6.45, 7) is 3.33. The topological polar surface area (TPSA) is 49.8 Å². The maximum Gasteiger partial charge on any atom is 0.225 e. The minimum absolute atomic E-state index is 0.146. The van der Waals surface area contributed by atoms with Crippen LogP contribution in [0.1, 0.15) is 51.4 Å². The third kappa shape index (κ3) is 2.79. The van der Waals surface area contributed by atoms with Crippen molar-refractivity contribution in [3.8, 4) is 0 Å². The molecule has 19 heavy (non-hydrogen) atoms. The lowest BCUT2D eigenvalue weighted by atomic mass is 9.82. The summed E-state index contributed by atoms with van der Waals surface area (Å²) >= 11 is 0. The minimum Gasteiger partial charge on any atom is -0.389 e. The molecule has 1 atom stereocenters. The average Bonchev–Trinajstić information content (AvgIpc) is 3.01. The standard InChI is InChI=1S/C15H25NO3/c17-13(10-15(18)4-2-1-3-5-15)16-8-6-14(11-16)7-9-19-12-14/h18H,1-12H2. The van der Waals surface area contributed by atoms with Gasteiger partial charge in [-0.1, -0.05) is 19.3 Å². The Labute approximate surface area is 115 Å². The Bertz CT molecular complexity index is 343. The van der Waals surface area contributed by atoms with Gasteiger partial charge in [-0.15, -0.1) is 0 Å². The summed E-state index contributed by atoms with van der Waals surface area (Å²) in [7, 11) is 0. The van der Waals surface area contributed by atoms with Crippen molar-refractivity contribution in [3.63, 3.8) is 0 Å². The van der Waals surface area contributed by atoms with Gasteiger partial charge in [-0.2, -0.15) is 0 Å². The number of hydrogen-bond acceptors (Lipinski definition) is 3. The Balaban J connectivity index is 1.56. The molecular weight excluding hydrogens is 242 g/mol. The van der Waals surface area contributed by atoms with Gasteiger partial charge in [0.2, 0.25) is 5.91 Å². The first-order valence-electron chi connectivity index (χ1n) is 7.69. The van der Waals surface area contributed by atoms with Crippen LogP contribution in [0.25, 0.3) is 0 Å². The molecule has 2 heterocycles. The van der Waals surface area contributed by atoms with E-state index in [4.69, 9.17) is 4.74 Å². The summed E-state index contributed by atoms with van der Waals surface area (Å²) in [5.41, 5.74) is -0.498. The molecule has 0 aromatic heterocycles. The second kappa shape index (κ2) is 5.06. The van der Waals surface area contributed by atoms with Crippen LogP contribution < -0.4 is 0 Å². The minimum atomic E-state index is -0.725. The number of carbonyl (C=O) groups excluding carboxylic acids is 1. The molecule has 2 saturated heterocycles. The van der Waals surface area contributed by atoms with Crippen LogP contribution in [-0.2, 0) is 9.53 Å². The molecular formula is C15H25NO3. The van der Waals surface area contributed by atoms with Gasteiger partial charge in [0.25, 0.3) is 0 Å². The number of amides is 1. The highest BCUT2D eigenvalue weighted by Crippen LogP contribution is 2.39. The molecule has 1 unspecified atom stereocenters. The normalized spacial score (nSPS) is 34.1. The van der Waals surface area contributed by atoms with E-state index in [9.17, 15) is 9.90 Å². The van der Waals surface area contributed by atoms with Crippen LogP contribution in [0.4, 0.5) is 0 Å². The van der Waals surface area contributed by atoms with Gasteiger partial charge in [0, 0.05) is 25.1 Å². The van der Waals surface area contributed by atoms with Gasteiger partial charge < -0.3 is 14.7 Å². The smallest absolute Gasteiger partial charge is 0.225 e. The highest BCUT2D eigenvalue weighted by Gasteiger charge is 2.44. The number of carbonyl (C=O) groups is 1. The van der Waals surface area contributed by atoms with Crippen molar-refractivity contribution in [2.45, 2.75) is 57.0 Å². The van der Waals surface area contributed by atoms with Crippen molar-refractivity contribution in [2.24, 2.45) is 5.41 Å². The lowest BCUT2D eigenvalue weighted by molar-refractivity contribution is -0.137. The van der Waals surface area contributed by atoms with Crippen LogP contribution in [0, 0.1) is 5.41 Å². The molecule has 1 saturated carbocycles. The summed E-state index contributed by atoms with van der Waals surface area (Å²) in [5, 5.41) is 10.5. The number of rotatable bonds is 2. The predicted octanol–water partition coefficient (Wildman–Crippen LogP) is 1.71. The lowest BCUT2D eigenvalue weighted by Gasteiger charge is -2.33. The fourth-order valence-electron chi connectivity index (χ4n) is 3.90. The molecule has 4 heteroatoms. The Morgan fingerprint density at radius 3 is 2.63 bits per heavy atom. The van der Waals surface area contributed by atoms with Crippen molar-refractivity contribution >= 4 is 5.91 Å². The van der Waals surface area contributed by atoms with E-state index < -0.39 is 5.60 Å². The van der Waals surface area contributed by atoms with Crippen molar-refractivity contribution in [1.29, 1.82) is 0 Å². The molecule has 3 rings (SSSR count). The van der Waals surface area contributed by atoms with Crippen LogP contribution in [0.3, 0.4) is 0 Å². The maximum absolute atomic E-state index is 12.4. The molecule has 0 radical (unpaired) electrons. The zero-order chi connectivity index (χ0) is 13.3. The fourth-order valence-corrected chi connectivity index (χ4v) is 3.90. The number of ether oxygens (including phenoxy) is 1. The van der Waals surface area contributed by atoms with Gasteiger partial charge in [-0.3, -0.25) is 4.79 Å². The number of aliphatic hydroxyl groups is 1. The summed E-state index contributed by atoms with van der Waals surface area (Å²) in [6, 6.07) is 0. The number of likely N-dealkylation sites (tertiary alicyclic amines) is 1. The van der Waals surface area contributed by atoms with Crippen molar-refractivity contribution in [2.75, 3.05) is 26.3 Å². The van der Waals surface area contributed by atoms with Crippen molar-refractivity contribution in [1.82, 2.24) is 4.90 Å². The molecule has 3 fully saturated rings. The van der Waals surface area contributed by atoms with Gasteiger partial charge in [0.1, 0.15) is 0 Å². The average molecular weight is 267 g/mol. The highest BCUT2D eigenvalue weighted by molar-refractivity contribution is 5.77. The first kappa shape index (κ1) is 13.4. The van der Waals surface area contributed by atoms with Gasteiger partial charge in [0.15, 0.2) is 0 Å². The van der Waals surface area contributed by atoms with Crippen molar-refractivity contribution < 1.29 is 14.6 Å². The van der Waals surface area contributed by atoms with Crippen LogP contribution in [0.15, 0.2) is 0 Å². The lowest BCUT2D eigenvalue weighted by Crippen LogP contribution is -2.40. The molecule has 1 spiro atoms. The van der Waals surface area contributed by atoms with Crippen LogP contribution in [-0.4, -0.2) is 47.8 Å². The number of hydrogen-bond donors (Lipinski definition) is 1. The molecule has 0 bridgehead atoms. The summed E-state index contributed by atoms with van der Waals surface area (Å²) < 4.78 is 5.49. The van der Waals surface area contributed by atoms with Crippen LogP contribution >= 0.6 is 0 Å². The first-order valence-corrected chi connectivity index (χ1v) is 7.69. The second-order valence-corrected chi connectivity index (χ2v) is 6.83. The highest BCUT2D eigenvalue weighted by atomic mass is 16.5. The Hall–Kier alpha value is -0.610. The van der Waals surface area contributed by atoms with E-state index in [0.29, 0.717) is 6.42 Å². The van der Waals surface area contributed by atoms with E-state index in [2.05, 4.69) is 0 Å². The van der Waals surface area contributed by atoms with Crippen LogP contribution in [0.5, 0.6) is 0 Å². The summed E-state index contributed by atoms with van der Waals surface area (Å²) in [6.07, 6.45) is 7.37. The Kier molecular flexibility index (Phi) is 3.56. The molecule has 0 aromatic rings. The van der Waals surface area contributed by atoms with Gasteiger partial charge in [0.05, 0.1) is 18.6 Å². The maximum atomic E-state index is 12.4. The van der Waals surface area contributed by atoms with Gasteiger partial charge in [-0.25, -0.2) is 0 Å². The van der Waals surface area contributed by atoms with Gasteiger partial charge >= 0.3 is 0 Å². The summed E-state index contributed by atoms with van der Waals surface area (Å²) in [4.78, 5) is 14.3. The quantitative estimate of drug-likeness (QED) is 0.828. The molecule has 1 amide bonds. The molecule has 0 aromatic carbocycles. The Morgan fingerprint density at radius 1 is 1.16 bits per heavy atom.